The number of rotatable bonds is 6. The summed E-state index contributed by atoms with van der Waals surface area (Å²) in [7, 11) is 0. The number of carbonyl (C=O) groups is 1. The van der Waals surface area contributed by atoms with Crippen molar-refractivity contribution in [1.82, 2.24) is 5.32 Å². The Hall–Kier alpha value is -1.39. The SMILES string of the molecule is CCC(O)CCNC(=O)C(O)c1ccccc1. The third kappa shape index (κ3) is 4.54. The molecule has 0 spiro atoms. The van der Waals surface area contributed by atoms with Gasteiger partial charge in [-0.2, -0.15) is 0 Å². The molecule has 17 heavy (non-hydrogen) atoms. The molecule has 0 aromatic heterocycles. The zero-order valence-electron chi connectivity index (χ0n) is 9.97. The van der Waals surface area contributed by atoms with Crippen LogP contribution in [0.3, 0.4) is 0 Å². The van der Waals surface area contributed by atoms with Gasteiger partial charge in [0.05, 0.1) is 6.10 Å². The van der Waals surface area contributed by atoms with E-state index in [4.69, 9.17) is 0 Å². The lowest BCUT2D eigenvalue weighted by atomic mass is 10.1. The maximum absolute atomic E-state index is 11.6. The van der Waals surface area contributed by atoms with Crippen LogP contribution in [0, 0.1) is 0 Å². The van der Waals surface area contributed by atoms with Crippen molar-refractivity contribution in [3.63, 3.8) is 0 Å². The van der Waals surface area contributed by atoms with E-state index in [1.807, 2.05) is 13.0 Å². The average molecular weight is 237 g/mol. The van der Waals surface area contributed by atoms with E-state index in [9.17, 15) is 15.0 Å². The van der Waals surface area contributed by atoms with Gasteiger partial charge in [-0.15, -0.1) is 0 Å². The summed E-state index contributed by atoms with van der Waals surface area (Å²) < 4.78 is 0. The highest BCUT2D eigenvalue weighted by molar-refractivity contribution is 5.81. The molecular weight excluding hydrogens is 218 g/mol. The minimum Gasteiger partial charge on any atom is -0.393 e. The third-order valence-corrected chi connectivity index (χ3v) is 2.61. The van der Waals surface area contributed by atoms with Crippen LogP contribution in [0.1, 0.15) is 31.4 Å². The molecule has 4 nitrogen and oxygen atoms in total. The van der Waals surface area contributed by atoms with Gasteiger partial charge in [0.15, 0.2) is 6.10 Å². The molecule has 1 aromatic carbocycles. The lowest BCUT2D eigenvalue weighted by molar-refractivity contribution is -0.129. The normalized spacial score (nSPS) is 14.1. The Morgan fingerprint density at radius 3 is 2.53 bits per heavy atom. The lowest BCUT2D eigenvalue weighted by Gasteiger charge is -2.13. The summed E-state index contributed by atoms with van der Waals surface area (Å²) >= 11 is 0. The summed E-state index contributed by atoms with van der Waals surface area (Å²) in [5.74, 6) is -0.431. The Balaban J connectivity index is 2.38. The van der Waals surface area contributed by atoms with Crippen LogP contribution < -0.4 is 5.32 Å². The van der Waals surface area contributed by atoms with Crippen LogP contribution in [0.15, 0.2) is 30.3 Å². The lowest BCUT2D eigenvalue weighted by Crippen LogP contribution is -2.31. The van der Waals surface area contributed by atoms with Crippen molar-refractivity contribution in [1.29, 1.82) is 0 Å². The van der Waals surface area contributed by atoms with E-state index in [2.05, 4.69) is 5.32 Å². The zero-order valence-corrected chi connectivity index (χ0v) is 9.97. The summed E-state index contributed by atoms with van der Waals surface area (Å²) in [6.07, 6.45) is -0.375. The van der Waals surface area contributed by atoms with Crippen LogP contribution in [0.25, 0.3) is 0 Å². The molecule has 4 heteroatoms. The Morgan fingerprint density at radius 1 is 1.29 bits per heavy atom. The van der Waals surface area contributed by atoms with Gasteiger partial charge in [0.1, 0.15) is 0 Å². The van der Waals surface area contributed by atoms with Gasteiger partial charge in [0, 0.05) is 6.54 Å². The number of nitrogens with one attached hydrogen (secondary N) is 1. The molecule has 0 aliphatic carbocycles. The molecule has 0 aliphatic heterocycles. The summed E-state index contributed by atoms with van der Waals surface area (Å²) in [5, 5.41) is 21.6. The summed E-state index contributed by atoms with van der Waals surface area (Å²) in [5.41, 5.74) is 0.570. The second-order valence-corrected chi connectivity index (χ2v) is 3.95. The molecule has 1 amide bonds. The Bertz CT molecular complexity index is 340. The third-order valence-electron chi connectivity index (χ3n) is 2.61. The first-order valence-corrected chi connectivity index (χ1v) is 5.84. The van der Waals surface area contributed by atoms with E-state index in [0.717, 1.165) is 0 Å². The van der Waals surface area contributed by atoms with Crippen LogP contribution in [0.5, 0.6) is 0 Å². The predicted molar refractivity (Wildman–Crippen MR) is 65.3 cm³/mol. The van der Waals surface area contributed by atoms with Gasteiger partial charge in [0.25, 0.3) is 5.91 Å². The molecule has 2 unspecified atom stereocenters. The first-order chi connectivity index (χ1) is 8.15. The van der Waals surface area contributed by atoms with Gasteiger partial charge < -0.3 is 15.5 Å². The van der Waals surface area contributed by atoms with Crippen LogP contribution in [0.4, 0.5) is 0 Å². The fourth-order valence-electron chi connectivity index (χ4n) is 1.45. The van der Waals surface area contributed by atoms with Crippen molar-refractivity contribution >= 4 is 5.91 Å². The second-order valence-electron chi connectivity index (χ2n) is 3.95. The van der Waals surface area contributed by atoms with E-state index < -0.39 is 18.1 Å². The van der Waals surface area contributed by atoms with E-state index >= 15 is 0 Å². The van der Waals surface area contributed by atoms with Crippen molar-refractivity contribution in [3.05, 3.63) is 35.9 Å². The molecule has 0 saturated carbocycles. The number of amides is 1. The summed E-state index contributed by atoms with van der Waals surface area (Å²) in [6, 6.07) is 8.77. The minimum absolute atomic E-state index is 0.373. The van der Waals surface area contributed by atoms with Crippen molar-refractivity contribution in [2.45, 2.75) is 32.0 Å². The zero-order chi connectivity index (χ0) is 12.7. The minimum atomic E-state index is -1.14. The number of aliphatic hydroxyl groups excluding tert-OH is 2. The highest BCUT2D eigenvalue weighted by atomic mass is 16.3. The number of aliphatic hydroxyl groups is 2. The van der Waals surface area contributed by atoms with E-state index in [0.29, 0.717) is 24.9 Å². The Kier molecular flexibility index (Phi) is 5.66. The van der Waals surface area contributed by atoms with E-state index in [1.54, 1.807) is 24.3 Å². The molecule has 0 bridgehead atoms. The van der Waals surface area contributed by atoms with Crippen molar-refractivity contribution in [2.75, 3.05) is 6.54 Å². The maximum atomic E-state index is 11.6. The van der Waals surface area contributed by atoms with Crippen molar-refractivity contribution in [3.8, 4) is 0 Å². The van der Waals surface area contributed by atoms with Crippen LogP contribution in [-0.2, 0) is 4.79 Å². The van der Waals surface area contributed by atoms with E-state index in [1.165, 1.54) is 0 Å². The van der Waals surface area contributed by atoms with Gasteiger partial charge in [-0.1, -0.05) is 37.3 Å². The Morgan fingerprint density at radius 2 is 1.94 bits per heavy atom. The highest BCUT2D eigenvalue weighted by Gasteiger charge is 2.16. The van der Waals surface area contributed by atoms with Gasteiger partial charge >= 0.3 is 0 Å². The van der Waals surface area contributed by atoms with Gasteiger partial charge in [-0.3, -0.25) is 4.79 Å². The largest absolute Gasteiger partial charge is 0.393 e. The quantitative estimate of drug-likeness (QED) is 0.691. The number of hydrogen-bond donors (Lipinski definition) is 3. The topological polar surface area (TPSA) is 69.6 Å². The number of carbonyl (C=O) groups excluding carboxylic acids is 1. The average Bonchev–Trinajstić information content (AvgIpc) is 2.38. The summed E-state index contributed by atoms with van der Waals surface area (Å²) in [4.78, 5) is 11.6. The smallest absolute Gasteiger partial charge is 0.253 e. The molecule has 1 aromatic rings. The van der Waals surface area contributed by atoms with Crippen LogP contribution in [0.2, 0.25) is 0 Å². The first-order valence-electron chi connectivity index (χ1n) is 5.84. The van der Waals surface area contributed by atoms with Crippen molar-refractivity contribution < 1.29 is 15.0 Å². The molecule has 0 saturated heterocycles. The predicted octanol–water partition coefficient (Wildman–Crippen LogP) is 0.997. The fourth-order valence-corrected chi connectivity index (χ4v) is 1.45. The van der Waals surface area contributed by atoms with Gasteiger partial charge in [-0.05, 0) is 18.4 Å². The van der Waals surface area contributed by atoms with E-state index in [-0.39, 0.29) is 0 Å². The highest BCUT2D eigenvalue weighted by Crippen LogP contribution is 2.11. The Labute approximate surface area is 101 Å². The molecular formula is C13H19NO3. The van der Waals surface area contributed by atoms with Gasteiger partial charge in [0.2, 0.25) is 0 Å². The van der Waals surface area contributed by atoms with Crippen LogP contribution in [-0.4, -0.2) is 28.8 Å². The number of benzene rings is 1. The molecule has 0 aliphatic rings. The second kappa shape index (κ2) is 7.04. The first kappa shape index (κ1) is 13.7. The fraction of sp³-hybridized carbons (Fsp3) is 0.462. The molecule has 1 rings (SSSR count). The monoisotopic (exact) mass is 237 g/mol. The van der Waals surface area contributed by atoms with Gasteiger partial charge in [-0.25, -0.2) is 0 Å². The number of hydrogen-bond acceptors (Lipinski definition) is 3. The standard InChI is InChI=1S/C13H19NO3/c1-2-11(15)8-9-14-13(17)12(16)10-6-4-3-5-7-10/h3-7,11-12,15-16H,2,8-9H2,1H3,(H,14,17). The maximum Gasteiger partial charge on any atom is 0.253 e. The molecule has 3 N–H and O–H groups in total. The summed E-state index contributed by atoms with van der Waals surface area (Å²) in [6.45, 7) is 2.25. The molecule has 94 valence electrons. The van der Waals surface area contributed by atoms with Crippen LogP contribution >= 0.6 is 0 Å². The molecule has 0 heterocycles. The van der Waals surface area contributed by atoms with Crippen molar-refractivity contribution in [2.24, 2.45) is 0 Å². The molecule has 2 atom stereocenters. The molecule has 0 fully saturated rings. The molecule has 0 radical (unpaired) electrons.